The fourth-order valence-electron chi connectivity index (χ4n) is 4.04. The highest BCUT2D eigenvalue weighted by Gasteiger charge is 2.33. The number of carbonyl (C=O) groups excluding carboxylic acids is 2. The first-order valence-corrected chi connectivity index (χ1v) is 12.2. The monoisotopic (exact) mass is 457 g/mol. The number of hydrogen-bond donors (Lipinski definition) is 2. The van der Waals surface area contributed by atoms with E-state index >= 15 is 0 Å². The summed E-state index contributed by atoms with van der Waals surface area (Å²) in [5.74, 6) is -0.197. The molecule has 1 atom stereocenters. The maximum atomic E-state index is 13.1. The van der Waals surface area contributed by atoms with E-state index in [1.54, 1.807) is 13.0 Å². The van der Waals surface area contributed by atoms with Crippen LogP contribution < -0.4 is 15.4 Å². The SMILES string of the molecule is CCc1ccccc1NC(=O)C1CCN(S(=O)(=O)c2ccc3c(c2)NC(=O)[C@H](C)O3)CC1. The number of anilines is 2. The van der Waals surface area contributed by atoms with Gasteiger partial charge in [0.15, 0.2) is 6.10 Å². The van der Waals surface area contributed by atoms with Crippen LogP contribution in [-0.4, -0.2) is 43.7 Å². The highest BCUT2D eigenvalue weighted by Crippen LogP contribution is 2.33. The van der Waals surface area contributed by atoms with Crippen LogP contribution in [0.2, 0.25) is 0 Å². The van der Waals surface area contributed by atoms with E-state index in [2.05, 4.69) is 10.6 Å². The minimum Gasteiger partial charge on any atom is -0.479 e. The molecule has 2 heterocycles. The van der Waals surface area contributed by atoms with Gasteiger partial charge in [-0.3, -0.25) is 9.59 Å². The number of para-hydroxylation sites is 1. The summed E-state index contributed by atoms with van der Waals surface area (Å²) in [5.41, 5.74) is 2.22. The third-order valence-corrected chi connectivity index (χ3v) is 7.90. The van der Waals surface area contributed by atoms with Crippen LogP contribution in [0, 0.1) is 5.92 Å². The second-order valence-corrected chi connectivity index (χ2v) is 10.0. The zero-order valence-corrected chi connectivity index (χ0v) is 18.9. The third-order valence-electron chi connectivity index (χ3n) is 6.00. The first-order chi connectivity index (χ1) is 15.3. The molecule has 8 nitrogen and oxygen atoms in total. The second-order valence-electron chi connectivity index (χ2n) is 8.09. The van der Waals surface area contributed by atoms with Crippen LogP contribution in [0.3, 0.4) is 0 Å². The van der Waals surface area contributed by atoms with Crippen molar-refractivity contribution in [2.24, 2.45) is 5.92 Å². The molecule has 2 aromatic carbocycles. The molecule has 4 rings (SSSR count). The first-order valence-electron chi connectivity index (χ1n) is 10.8. The van der Waals surface area contributed by atoms with Crippen molar-refractivity contribution in [3.8, 4) is 5.75 Å². The molecule has 2 aliphatic heterocycles. The molecule has 2 amide bonds. The highest BCUT2D eigenvalue weighted by atomic mass is 32.2. The molecular weight excluding hydrogens is 430 g/mol. The van der Waals surface area contributed by atoms with Crippen LogP contribution in [0.5, 0.6) is 5.75 Å². The maximum absolute atomic E-state index is 13.1. The van der Waals surface area contributed by atoms with Gasteiger partial charge < -0.3 is 15.4 Å². The van der Waals surface area contributed by atoms with Gasteiger partial charge in [-0.2, -0.15) is 4.31 Å². The molecule has 32 heavy (non-hydrogen) atoms. The van der Waals surface area contributed by atoms with Gasteiger partial charge in [0.2, 0.25) is 15.9 Å². The van der Waals surface area contributed by atoms with E-state index in [9.17, 15) is 18.0 Å². The number of amides is 2. The van der Waals surface area contributed by atoms with Crippen molar-refractivity contribution < 1.29 is 22.7 Å². The molecule has 0 saturated carbocycles. The molecule has 0 bridgehead atoms. The Hall–Kier alpha value is -2.91. The van der Waals surface area contributed by atoms with Crippen molar-refractivity contribution in [2.45, 2.75) is 44.1 Å². The van der Waals surface area contributed by atoms with Crippen LogP contribution in [0.1, 0.15) is 32.3 Å². The van der Waals surface area contributed by atoms with E-state index in [1.807, 2.05) is 31.2 Å². The van der Waals surface area contributed by atoms with Crippen LogP contribution in [-0.2, 0) is 26.0 Å². The molecule has 9 heteroatoms. The Labute approximate surface area is 188 Å². The summed E-state index contributed by atoms with van der Waals surface area (Å²) in [6, 6.07) is 12.2. The number of aryl methyl sites for hydroxylation is 1. The fraction of sp³-hybridized carbons (Fsp3) is 0.391. The number of sulfonamides is 1. The molecule has 0 radical (unpaired) electrons. The number of ether oxygens (including phenoxy) is 1. The van der Waals surface area contributed by atoms with Crippen molar-refractivity contribution in [3.05, 3.63) is 48.0 Å². The molecule has 170 valence electrons. The largest absolute Gasteiger partial charge is 0.479 e. The fourth-order valence-corrected chi connectivity index (χ4v) is 5.54. The quantitative estimate of drug-likeness (QED) is 0.718. The van der Waals surface area contributed by atoms with Gasteiger partial charge in [-0.1, -0.05) is 25.1 Å². The number of fused-ring (bicyclic) bond motifs is 1. The number of benzene rings is 2. The summed E-state index contributed by atoms with van der Waals surface area (Å²) in [6.07, 6.45) is 1.08. The molecule has 0 aromatic heterocycles. The molecule has 0 spiro atoms. The summed E-state index contributed by atoms with van der Waals surface area (Å²) >= 11 is 0. The van der Waals surface area contributed by atoms with Crippen LogP contribution in [0.15, 0.2) is 47.4 Å². The number of rotatable bonds is 5. The van der Waals surface area contributed by atoms with E-state index < -0.39 is 16.1 Å². The van der Waals surface area contributed by atoms with Gasteiger partial charge in [0.25, 0.3) is 5.91 Å². The van der Waals surface area contributed by atoms with Gasteiger partial charge in [-0.25, -0.2) is 8.42 Å². The smallest absolute Gasteiger partial charge is 0.265 e. The van der Waals surface area contributed by atoms with Crippen LogP contribution in [0.25, 0.3) is 0 Å². The van der Waals surface area contributed by atoms with Gasteiger partial charge >= 0.3 is 0 Å². The summed E-state index contributed by atoms with van der Waals surface area (Å²) < 4.78 is 33.2. The Morgan fingerprint density at radius 3 is 2.62 bits per heavy atom. The van der Waals surface area contributed by atoms with E-state index in [4.69, 9.17) is 4.74 Å². The van der Waals surface area contributed by atoms with Crippen LogP contribution >= 0.6 is 0 Å². The number of nitrogens with one attached hydrogen (secondary N) is 2. The van der Waals surface area contributed by atoms with Crippen molar-refractivity contribution >= 4 is 33.2 Å². The maximum Gasteiger partial charge on any atom is 0.265 e. The Bertz CT molecular complexity index is 1140. The summed E-state index contributed by atoms with van der Waals surface area (Å²) in [4.78, 5) is 24.7. The lowest BCUT2D eigenvalue weighted by Gasteiger charge is -2.31. The van der Waals surface area contributed by atoms with Crippen molar-refractivity contribution in [3.63, 3.8) is 0 Å². The minimum absolute atomic E-state index is 0.0780. The Morgan fingerprint density at radius 2 is 1.91 bits per heavy atom. The van der Waals surface area contributed by atoms with Gasteiger partial charge in [0.1, 0.15) is 5.75 Å². The second kappa shape index (κ2) is 8.91. The summed E-state index contributed by atoms with van der Waals surface area (Å²) in [5, 5.41) is 5.68. The predicted molar refractivity (Wildman–Crippen MR) is 121 cm³/mol. The number of nitrogens with zero attached hydrogens (tertiary/aromatic N) is 1. The minimum atomic E-state index is -3.75. The molecule has 2 N–H and O–H groups in total. The Morgan fingerprint density at radius 1 is 1.19 bits per heavy atom. The van der Waals surface area contributed by atoms with E-state index in [0.717, 1.165) is 17.7 Å². The Balaban J connectivity index is 1.42. The molecule has 1 fully saturated rings. The van der Waals surface area contributed by atoms with Crippen molar-refractivity contribution in [2.75, 3.05) is 23.7 Å². The molecule has 2 aliphatic rings. The number of hydrogen-bond acceptors (Lipinski definition) is 5. The number of piperidine rings is 1. The molecule has 0 unspecified atom stereocenters. The topological polar surface area (TPSA) is 105 Å². The molecule has 0 aliphatic carbocycles. The van der Waals surface area contributed by atoms with Gasteiger partial charge in [0, 0.05) is 24.7 Å². The lowest BCUT2D eigenvalue weighted by atomic mass is 9.97. The van der Waals surface area contributed by atoms with Crippen molar-refractivity contribution in [1.82, 2.24) is 4.31 Å². The van der Waals surface area contributed by atoms with E-state index in [1.165, 1.54) is 16.4 Å². The summed E-state index contributed by atoms with van der Waals surface area (Å²) in [7, 11) is -3.75. The average molecular weight is 458 g/mol. The standard InChI is InChI=1S/C23H27N3O5S/c1-3-16-6-4-5-7-19(16)24-23(28)17-10-12-26(13-11-17)32(29,30)18-8-9-21-20(14-18)25-22(27)15(2)31-21/h4-9,14-15,17H,3,10-13H2,1-2H3,(H,24,28)(H,25,27)/t15-/m0/s1. The lowest BCUT2D eigenvalue weighted by molar-refractivity contribution is -0.123. The highest BCUT2D eigenvalue weighted by molar-refractivity contribution is 7.89. The van der Waals surface area contributed by atoms with Gasteiger partial charge in [-0.05, 0) is 56.0 Å². The Kier molecular flexibility index (Phi) is 6.21. The predicted octanol–water partition coefficient (Wildman–Crippen LogP) is 3.01. The first kappa shape index (κ1) is 22.3. The van der Waals surface area contributed by atoms with Gasteiger partial charge in [0.05, 0.1) is 10.6 Å². The number of carbonyl (C=O) groups is 2. The average Bonchev–Trinajstić information content (AvgIpc) is 2.80. The zero-order chi connectivity index (χ0) is 22.9. The summed E-state index contributed by atoms with van der Waals surface area (Å²) in [6.45, 7) is 4.18. The molecular formula is C23H27N3O5S. The van der Waals surface area contributed by atoms with Crippen LogP contribution in [0.4, 0.5) is 11.4 Å². The third kappa shape index (κ3) is 4.35. The van der Waals surface area contributed by atoms with E-state index in [-0.39, 0.29) is 35.7 Å². The lowest BCUT2D eigenvalue weighted by Crippen LogP contribution is -2.41. The van der Waals surface area contributed by atoms with E-state index in [0.29, 0.717) is 24.3 Å². The van der Waals surface area contributed by atoms with Crippen molar-refractivity contribution in [1.29, 1.82) is 0 Å². The normalized spacial score (nSPS) is 19.6. The zero-order valence-electron chi connectivity index (χ0n) is 18.1. The van der Waals surface area contributed by atoms with Gasteiger partial charge in [-0.15, -0.1) is 0 Å². The molecule has 2 aromatic rings. The molecule has 1 saturated heterocycles.